The lowest BCUT2D eigenvalue weighted by atomic mass is 10.1. The van der Waals surface area contributed by atoms with Crippen molar-refractivity contribution in [2.45, 2.75) is 53.6 Å². The smallest absolute Gasteiger partial charge is 0.222 e. The van der Waals surface area contributed by atoms with Crippen molar-refractivity contribution in [3.05, 3.63) is 46.5 Å². The second kappa shape index (κ2) is 10.3. The first-order valence-electron chi connectivity index (χ1n) is 11.1. The van der Waals surface area contributed by atoms with Gasteiger partial charge in [0.1, 0.15) is 0 Å². The number of rotatable bonds is 8. The van der Waals surface area contributed by atoms with Gasteiger partial charge in [0.15, 0.2) is 11.6 Å². The minimum absolute atomic E-state index is 0.200. The van der Waals surface area contributed by atoms with Crippen molar-refractivity contribution in [1.29, 1.82) is 0 Å². The quantitative estimate of drug-likeness (QED) is 0.642. The summed E-state index contributed by atoms with van der Waals surface area (Å²) in [6, 6.07) is 5.09. The first-order valence-corrected chi connectivity index (χ1v) is 11.1. The molecule has 1 aromatic carbocycles. The number of aryl methyl sites for hydroxylation is 1. The first kappa shape index (κ1) is 23.3. The minimum Gasteiger partial charge on any atom is -0.494 e. The number of benzene rings is 1. The summed E-state index contributed by atoms with van der Waals surface area (Å²) in [6.45, 7) is 13.1. The van der Waals surface area contributed by atoms with E-state index in [1.165, 1.54) is 24.4 Å². The zero-order chi connectivity index (χ0) is 22.5. The molecule has 1 saturated heterocycles. The monoisotopic (exact) mass is 430 g/mol. The van der Waals surface area contributed by atoms with Crippen LogP contribution in [0.15, 0.2) is 18.2 Å². The zero-order valence-electron chi connectivity index (χ0n) is 19.4. The summed E-state index contributed by atoms with van der Waals surface area (Å²) in [4.78, 5) is 17.0. The molecule has 0 atom stereocenters. The number of hydrogen-bond acceptors (Lipinski definition) is 4. The molecule has 0 unspecified atom stereocenters. The van der Waals surface area contributed by atoms with Gasteiger partial charge >= 0.3 is 0 Å². The first-order chi connectivity index (χ1) is 14.8. The lowest BCUT2D eigenvalue weighted by Gasteiger charge is -2.35. The fourth-order valence-electron chi connectivity index (χ4n) is 4.23. The summed E-state index contributed by atoms with van der Waals surface area (Å²) in [6.07, 6.45) is 1.25. The van der Waals surface area contributed by atoms with Gasteiger partial charge in [0.25, 0.3) is 0 Å². The van der Waals surface area contributed by atoms with E-state index in [1.54, 1.807) is 6.07 Å². The zero-order valence-corrected chi connectivity index (χ0v) is 19.4. The van der Waals surface area contributed by atoms with Crippen LogP contribution >= 0.6 is 0 Å². The second-order valence-electron chi connectivity index (χ2n) is 8.85. The molecule has 31 heavy (non-hydrogen) atoms. The maximum Gasteiger partial charge on any atom is 0.222 e. The SMILES string of the molecule is COc1ccc(CN2CCN(C(=O)CCc3c(C)nn(CC(C)C)c3C)CC2)cc1F. The molecule has 0 aliphatic carbocycles. The van der Waals surface area contributed by atoms with Gasteiger partial charge in [0, 0.05) is 51.4 Å². The van der Waals surface area contributed by atoms with E-state index in [9.17, 15) is 9.18 Å². The van der Waals surface area contributed by atoms with E-state index in [4.69, 9.17) is 4.74 Å². The molecule has 7 heteroatoms. The molecule has 3 rings (SSSR count). The maximum absolute atomic E-state index is 13.9. The standard InChI is InChI=1S/C24H35FN4O2/c1-17(2)15-29-19(4)21(18(3)26-29)7-9-24(30)28-12-10-27(11-13-28)16-20-6-8-23(31-5)22(25)14-20/h6,8,14,17H,7,9-13,15-16H2,1-5H3. The number of methoxy groups -OCH3 is 1. The van der Waals surface area contributed by atoms with Crippen LogP contribution in [0, 0.1) is 25.6 Å². The topological polar surface area (TPSA) is 50.6 Å². The minimum atomic E-state index is -0.337. The number of aromatic nitrogens is 2. The molecular weight excluding hydrogens is 395 g/mol. The van der Waals surface area contributed by atoms with E-state index in [2.05, 4.69) is 35.5 Å². The average Bonchev–Trinajstić information content (AvgIpc) is 2.99. The molecule has 1 aromatic heterocycles. The van der Waals surface area contributed by atoms with Crippen LogP contribution in [0.3, 0.4) is 0 Å². The van der Waals surface area contributed by atoms with E-state index in [0.29, 0.717) is 32.0 Å². The third-order valence-corrected chi connectivity index (χ3v) is 6.01. The normalized spacial score (nSPS) is 15.0. The number of nitrogens with zero attached hydrogens (tertiary/aromatic N) is 4. The van der Waals surface area contributed by atoms with Crippen molar-refractivity contribution in [3.8, 4) is 5.75 Å². The number of halogens is 1. The Balaban J connectivity index is 1.48. The van der Waals surface area contributed by atoms with Gasteiger partial charge < -0.3 is 9.64 Å². The fraction of sp³-hybridized carbons (Fsp3) is 0.583. The highest BCUT2D eigenvalue weighted by Gasteiger charge is 2.22. The number of piperazine rings is 1. The molecule has 170 valence electrons. The predicted octanol–water partition coefficient (Wildman–Crippen LogP) is 3.58. The number of carbonyl (C=O) groups excluding carboxylic acids is 1. The molecule has 2 aromatic rings. The second-order valence-corrected chi connectivity index (χ2v) is 8.85. The Kier molecular flexibility index (Phi) is 7.70. The summed E-state index contributed by atoms with van der Waals surface area (Å²) in [7, 11) is 1.47. The Bertz CT molecular complexity index is 901. The van der Waals surface area contributed by atoms with Crippen LogP contribution in [0.25, 0.3) is 0 Å². The number of amides is 1. The molecule has 1 aliphatic rings. The summed E-state index contributed by atoms with van der Waals surface area (Å²) in [5.74, 6) is 0.666. The summed E-state index contributed by atoms with van der Waals surface area (Å²) in [5.41, 5.74) is 4.33. The van der Waals surface area contributed by atoms with Crippen LogP contribution in [-0.4, -0.2) is 58.8 Å². The van der Waals surface area contributed by atoms with Gasteiger partial charge in [-0.2, -0.15) is 5.10 Å². The third-order valence-electron chi connectivity index (χ3n) is 6.01. The lowest BCUT2D eigenvalue weighted by molar-refractivity contribution is -0.133. The Hall–Kier alpha value is -2.41. The van der Waals surface area contributed by atoms with Gasteiger partial charge in [0.05, 0.1) is 12.8 Å². The van der Waals surface area contributed by atoms with Gasteiger partial charge in [-0.3, -0.25) is 14.4 Å². The molecule has 1 amide bonds. The van der Waals surface area contributed by atoms with E-state index in [1.807, 2.05) is 17.9 Å². The van der Waals surface area contributed by atoms with Crippen LogP contribution in [0.4, 0.5) is 4.39 Å². The molecular formula is C24H35FN4O2. The van der Waals surface area contributed by atoms with Crippen molar-refractivity contribution in [3.63, 3.8) is 0 Å². The number of carbonyl (C=O) groups is 1. The van der Waals surface area contributed by atoms with Gasteiger partial charge in [-0.15, -0.1) is 0 Å². The van der Waals surface area contributed by atoms with Crippen LogP contribution in [0.5, 0.6) is 5.75 Å². The molecule has 6 nitrogen and oxygen atoms in total. The van der Waals surface area contributed by atoms with Crippen molar-refractivity contribution in [2.24, 2.45) is 5.92 Å². The highest BCUT2D eigenvalue weighted by molar-refractivity contribution is 5.76. The summed E-state index contributed by atoms with van der Waals surface area (Å²) in [5, 5.41) is 4.66. The van der Waals surface area contributed by atoms with E-state index in [0.717, 1.165) is 37.3 Å². The van der Waals surface area contributed by atoms with Crippen molar-refractivity contribution in [2.75, 3.05) is 33.3 Å². The van der Waals surface area contributed by atoms with Crippen LogP contribution in [-0.2, 0) is 24.3 Å². The van der Waals surface area contributed by atoms with E-state index >= 15 is 0 Å². The Morgan fingerprint density at radius 2 is 1.90 bits per heavy atom. The summed E-state index contributed by atoms with van der Waals surface area (Å²) >= 11 is 0. The number of ether oxygens (including phenoxy) is 1. The van der Waals surface area contributed by atoms with Gasteiger partial charge in [0.2, 0.25) is 5.91 Å². The average molecular weight is 431 g/mol. The molecule has 0 bridgehead atoms. The number of hydrogen-bond donors (Lipinski definition) is 0. The highest BCUT2D eigenvalue weighted by Crippen LogP contribution is 2.20. The van der Waals surface area contributed by atoms with Gasteiger partial charge in [-0.25, -0.2) is 4.39 Å². The van der Waals surface area contributed by atoms with Crippen molar-refractivity contribution >= 4 is 5.91 Å². The summed E-state index contributed by atoms with van der Waals surface area (Å²) < 4.78 is 21.0. The van der Waals surface area contributed by atoms with E-state index in [-0.39, 0.29) is 17.5 Å². The van der Waals surface area contributed by atoms with Gasteiger partial charge in [-0.05, 0) is 49.4 Å². The van der Waals surface area contributed by atoms with Gasteiger partial charge in [-0.1, -0.05) is 19.9 Å². The van der Waals surface area contributed by atoms with Crippen LogP contribution in [0.1, 0.15) is 42.8 Å². The molecule has 0 N–H and O–H groups in total. The molecule has 0 saturated carbocycles. The molecule has 2 heterocycles. The van der Waals surface area contributed by atoms with E-state index < -0.39 is 0 Å². The Morgan fingerprint density at radius 1 is 1.19 bits per heavy atom. The molecule has 1 aliphatic heterocycles. The maximum atomic E-state index is 13.9. The van der Waals surface area contributed by atoms with Crippen molar-refractivity contribution < 1.29 is 13.9 Å². The predicted molar refractivity (Wildman–Crippen MR) is 120 cm³/mol. The highest BCUT2D eigenvalue weighted by atomic mass is 19.1. The third kappa shape index (κ3) is 5.85. The fourth-order valence-corrected chi connectivity index (χ4v) is 4.23. The molecule has 0 radical (unpaired) electrons. The van der Waals surface area contributed by atoms with Crippen molar-refractivity contribution in [1.82, 2.24) is 19.6 Å². The van der Waals surface area contributed by atoms with Crippen LogP contribution in [0.2, 0.25) is 0 Å². The Morgan fingerprint density at radius 3 is 2.52 bits per heavy atom. The van der Waals surface area contributed by atoms with Crippen LogP contribution < -0.4 is 4.74 Å². The largest absolute Gasteiger partial charge is 0.494 e. The molecule has 0 spiro atoms. The molecule has 1 fully saturated rings. The lowest BCUT2D eigenvalue weighted by Crippen LogP contribution is -2.48. The Labute approximate surface area is 185 Å².